The molecule has 0 saturated carbocycles. The highest BCUT2D eigenvalue weighted by atomic mass is 16.5. The highest BCUT2D eigenvalue weighted by molar-refractivity contribution is 5.78. The smallest absolute Gasteiger partial charge is 0.234 e. The number of fused-ring (bicyclic) bond motifs is 2. The lowest BCUT2D eigenvalue weighted by molar-refractivity contribution is -0.121. The number of methoxy groups -OCH3 is 1. The number of ether oxygens (including phenoxy) is 2. The van der Waals surface area contributed by atoms with E-state index in [0.717, 1.165) is 44.4 Å². The molecule has 9 nitrogen and oxygen atoms in total. The summed E-state index contributed by atoms with van der Waals surface area (Å²) in [6, 6.07) is 18.7. The number of carbonyl (C=O) groups excluding carboxylic acids is 3. The van der Waals surface area contributed by atoms with Crippen molar-refractivity contribution in [1.82, 2.24) is 15.5 Å². The molecule has 2 aromatic carbocycles. The predicted molar refractivity (Wildman–Crippen MR) is 154 cm³/mol. The Hall–Kier alpha value is -3.27. The third-order valence-electron chi connectivity index (χ3n) is 6.79. The summed E-state index contributed by atoms with van der Waals surface area (Å²) >= 11 is 0. The van der Waals surface area contributed by atoms with Gasteiger partial charge >= 0.3 is 0 Å². The molecule has 2 aromatic rings. The molecule has 1 fully saturated rings. The number of hydrogen-bond acceptors (Lipinski definition) is 7. The number of benzene rings is 2. The predicted octanol–water partition coefficient (Wildman–Crippen LogP) is 2.39. The average Bonchev–Trinajstić information content (AvgIpc) is 3.22. The minimum Gasteiger partial charge on any atom is -0.377 e. The van der Waals surface area contributed by atoms with Gasteiger partial charge in [-0.3, -0.25) is 9.59 Å². The summed E-state index contributed by atoms with van der Waals surface area (Å²) in [5.74, 6) is -0.0108. The van der Waals surface area contributed by atoms with Crippen molar-refractivity contribution in [3.8, 4) is 0 Å². The number of likely N-dealkylation sites (N-methyl/N-ethyl adjacent to an activating group) is 2. The van der Waals surface area contributed by atoms with Gasteiger partial charge in [0, 0.05) is 50.9 Å². The maximum Gasteiger partial charge on any atom is 0.234 e. The molecule has 1 atom stereocenters. The zero-order chi connectivity index (χ0) is 28.5. The Morgan fingerprint density at radius 1 is 1.08 bits per heavy atom. The highest BCUT2D eigenvalue weighted by Crippen LogP contribution is 2.45. The van der Waals surface area contributed by atoms with Gasteiger partial charge < -0.3 is 34.7 Å². The summed E-state index contributed by atoms with van der Waals surface area (Å²) in [7, 11) is 5.39. The zero-order valence-corrected chi connectivity index (χ0v) is 23.7. The van der Waals surface area contributed by atoms with Crippen molar-refractivity contribution >= 4 is 24.3 Å². The molecule has 2 heterocycles. The zero-order valence-electron chi connectivity index (χ0n) is 23.7. The quantitative estimate of drug-likeness (QED) is 0.447. The monoisotopic (exact) mass is 540 g/mol. The van der Waals surface area contributed by atoms with Gasteiger partial charge in [-0.05, 0) is 44.0 Å². The van der Waals surface area contributed by atoms with Crippen LogP contribution in [0.2, 0.25) is 0 Å². The average molecular weight is 541 g/mol. The van der Waals surface area contributed by atoms with E-state index in [-0.39, 0.29) is 24.0 Å². The summed E-state index contributed by atoms with van der Waals surface area (Å²) in [6.07, 6.45) is 3.87. The van der Waals surface area contributed by atoms with Gasteiger partial charge in [0.2, 0.25) is 12.3 Å². The van der Waals surface area contributed by atoms with Crippen LogP contribution in [-0.2, 0) is 35.9 Å². The number of piperidine rings is 1. The van der Waals surface area contributed by atoms with E-state index in [1.54, 1.807) is 7.05 Å². The molecule has 0 aromatic heterocycles. The third-order valence-corrected chi connectivity index (χ3v) is 6.79. The highest BCUT2D eigenvalue weighted by Gasteiger charge is 2.43. The summed E-state index contributed by atoms with van der Waals surface area (Å²) in [5.41, 5.74) is 4.27. The molecule has 1 saturated heterocycles. The normalized spacial score (nSPS) is 15.7. The number of rotatable bonds is 10. The number of nitrogens with one attached hydrogen (secondary N) is 2. The van der Waals surface area contributed by atoms with E-state index in [0.29, 0.717) is 26.0 Å². The lowest BCUT2D eigenvalue weighted by Crippen LogP contribution is -2.44. The van der Waals surface area contributed by atoms with Crippen molar-refractivity contribution in [2.45, 2.75) is 37.8 Å². The first-order valence-electron chi connectivity index (χ1n) is 13.4. The number of nitrogens with zero attached hydrogens (tertiary/aromatic N) is 2. The molecule has 2 aliphatic rings. The lowest BCUT2D eigenvalue weighted by atomic mass is 9.74. The molecule has 0 radical (unpaired) electrons. The number of amides is 2. The third kappa shape index (κ3) is 10.4. The molecular formula is C30H44N4O5. The first-order valence-corrected chi connectivity index (χ1v) is 13.4. The number of anilines is 1. The minimum absolute atomic E-state index is 0.0108. The molecule has 39 heavy (non-hydrogen) atoms. The second kappa shape index (κ2) is 17.3. The van der Waals surface area contributed by atoms with Crippen LogP contribution in [0.5, 0.6) is 0 Å². The first kappa shape index (κ1) is 31.9. The number of para-hydroxylation sites is 1. The van der Waals surface area contributed by atoms with Gasteiger partial charge in [0.05, 0.1) is 19.8 Å². The molecule has 1 unspecified atom stereocenters. The molecule has 9 heteroatoms. The summed E-state index contributed by atoms with van der Waals surface area (Å²) in [5, 5.41) is 5.64. The summed E-state index contributed by atoms with van der Waals surface area (Å²) < 4.78 is 9.85. The number of aldehydes is 1. The van der Waals surface area contributed by atoms with Crippen molar-refractivity contribution in [3.63, 3.8) is 0 Å². The Kier molecular flexibility index (Phi) is 14.2. The Bertz CT molecular complexity index is 996. The fourth-order valence-corrected chi connectivity index (χ4v) is 4.89. The Balaban J connectivity index is 0.000000234. The van der Waals surface area contributed by atoms with Gasteiger partial charge in [-0.25, -0.2) is 0 Å². The van der Waals surface area contributed by atoms with Crippen molar-refractivity contribution in [2.24, 2.45) is 0 Å². The SMILES string of the molecule is CN1CC2(CCN(C=O)CC2)c2ccccc21.CNCC(=O)NC(C)COCc1ccccc1.COCC=O. The number of carbonyl (C=O) groups is 3. The molecule has 4 rings (SSSR count). The molecule has 2 amide bonds. The van der Waals surface area contributed by atoms with E-state index in [9.17, 15) is 14.4 Å². The number of hydrogen-bond donors (Lipinski definition) is 2. The second-order valence-electron chi connectivity index (χ2n) is 9.92. The maximum absolute atomic E-state index is 11.3. The van der Waals surface area contributed by atoms with Crippen molar-refractivity contribution < 1.29 is 23.9 Å². The van der Waals surface area contributed by atoms with E-state index in [1.807, 2.05) is 42.2 Å². The van der Waals surface area contributed by atoms with E-state index in [4.69, 9.17) is 4.74 Å². The van der Waals surface area contributed by atoms with Crippen molar-refractivity contribution in [1.29, 1.82) is 0 Å². The summed E-state index contributed by atoms with van der Waals surface area (Å²) in [4.78, 5) is 35.6. The van der Waals surface area contributed by atoms with E-state index in [1.165, 1.54) is 18.4 Å². The standard InChI is InChI=1S/C14H18N2O.C13H20N2O2.C3H6O2/c1-15-10-14(6-8-16(11-17)9-7-14)12-4-2-3-5-13(12)15;1-11(15-13(16)8-14-2)9-17-10-12-6-4-3-5-7-12;1-5-3-2-4/h2-5,11H,6-10H2,1H3;3-7,11,14H,8-10H2,1-2H3,(H,15,16);2H,3H2,1H3. The van der Waals surface area contributed by atoms with Crippen LogP contribution < -0.4 is 15.5 Å². The Morgan fingerprint density at radius 3 is 2.33 bits per heavy atom. The van der Waals surface area contributed by atoms with Crippen LogP contribution in [0, 0.1) is 0 Å². The van der Waals surface area contributed by atoms with E-state index in [2.05, 4.69) is 51.6 Å². The van der Waals surface area contributed by atoms with Gasteiger partial charge in [-0.1, -0.05) is 48.5 Å². The van der Waals surface area contributed by atoms with Crippen molar-refractivity contribution in [3.05, 3.63) is 65.7 Å². The number of likely N-dealkylation sites (tertiary alicyclic amines) is 1. The van der Waals surface area contributed by atoms with Crippen LogP contribution in [0.4, 0.5) is 5.69 Å². The lowest BCUT2D eigenvalue weighted by Gasteiger charge is -2.38. The topological polar surface area (TPSA) is 100 Å². The van der Waals surface area contributed by atoms with Gasteiger partial charge in [-0.2, -0.15) is 0 Å². The summed E-state index contributed by atoms with van der Waals surface area (Å²) in [6.45, 7) is 6.45. The van der Waals surface area contributed by atoms with Gasteiger partial charge in [0.25, 0.3) is 0 Å². The Morgan fingerprint density at radius 2 is 1.74 bits per heavy atom. The van der Waals surface area contributed by atoms with Crippen LogP contribution in [0.15, 0.2) is 54.6 Å². The molecule has 2 N–H and O–H groups in total. The van der Waals surface area contributed by atoms with Crippen molar-refractivity contribution in [2.75, 3.05) is 65.5 Å². The maximum atomic E-state index is 11.3. The molecule has 2 aliphatic heterocycles. The minimum atomic E-state index is -0.0108. The van der Waals surface area contributed by atoms with Crippen LogP contribution in [0.25, 0.3) is 0 Å². The van der Waals surface area contributed by atoms with Gasteiger partial charge in [0.15, 0.2) is 0 Å². The fraction of sp³-hybridized carbons (Fsp3) is 0.500. The molecule has 0 aliphatic carbocycles. The van der Waals surface area contributed by atoms with Crippen LogP contribution >= 0.6 is 0 Å². The fourth-order valence-electron chi connectivity index (χ4n) is 4.89. The van der Waals surface area contributed by atoms with E-state index < -0.39 is 0 Å². The van der Waals surface area contributed by atoms with Gasteiger partial charge in [-0.15, -0.1) is 0 Å². The molecule has 0 bridgehead atoms. The van der Waals surface area contributed by atoms with Crippen LogP contribution in [-0.4, -0.2) is 90.1 Å². The first-order chi connectivity index (χ1) is 18.9. The van der Waals surface area contributed by atoms with E-state index >= 15 is 0 Å². The second-order valence-corrected chi connectivity index (χ2v) is 9.92. The van der Waals surface area contributed by atoms with Crippen LogP contribution in [0.3, 0.4) is 0 Å². The molecular weight excluding hydrogens is 496 g/mol. The van der Waals surface area contributed by atoms with Gasteiger partial charge in [0.1, 0.15) is 12.9 Å². The molecule has 214 valence electrons. The van der Waals surface area contributed by atoms with Crippen LogP contribution in [0.1, 0.15) is 30.9 Å². The largest absolute Gasteiger partial charge is 0.377 e. The molecule has 1 spiro atoms. The Labute approximate surface area is 232 Å².